The maximum absolute atomic E-state index is 13.0. The van der Waals surface area contributed by atoms with E-state index in [1.165, 1.54) is 0 Å². The van der Waals surface area contributed by atoms with E-state index in [-0.39, 0.29) is 5.91 Å². The molecular weight excluding hydrogens is 328 g/mol. The maximum Gasteiger partial charge on any atom is 0.259 e. The summed E-state index contributed by atoms with van der Waals surface area (Å²) >= 11 is 0. The van der Waals surface area contributed by atoms with Crippen molar-refractivity contribution in [2.75, 3.05) is 5.32 Å². The van der Waals surface area contributed by atoms with Gasteiger partial charge < -0.3 is 14.3 Å². The Morgan fingerprint density at radius 2 is 2.04 bits per heavy atom. The van der Waals surface area contributed by atoms with Gasteiger partial charge in [0.2, 0.25) is 0 Å². The zero-order valence-corrected chi connectivity index (χ0v) is 14.6. The highest BCUT2D eigenvalue weighted by atomic mass is 16.3. The molecule has 2 aliphatic carbocycles. The molecule has 3 aromatic heterocycles. The summed E-state index contributed by atoms with van der Waals surface area (Å²) in [6.45, 7) is 1.93. The van der Waals surface area contributed by atoms with Gasteiger partial charge in [0.15, 0.2) is 0 Å². The van der Waals surface area contributed by atoms with Gasteiger partial charge in [-0.2, -0.15) is 0 Å². The average Bonchev–Trinajstić information content (AvgIpc) is 3.58. The molecule has 0 spiro atoms. The van der Waals surface area contributed by atoms with Gasteiger partial charge in [0.1, 0.15) is 17.3 Å². The van der Waals surface area contributed by atoms with Crippen LogP contribution in [-0.2, 0) is 0 Å². The van der Waals surface area contributed by atoms with E-state index in [0.717, 1.165) is 48.7 Å². The number of aryl methyl sites for hydroxylation is 1. The lowest BCUT2D eigenvalue weighted by Gasteiger charge is -2.12. The SMILES string of the molecule is Cc1nccn1-c1ccncc1NC(=O)c1cc(C2CC2)oc1C1CC1. The highest BCUT2D eigenvalue weighted by Gasteiger charge is 2.36. The maximum atomic E-state index is 13.0. The summed E-state index contributed by atoms with van der Waals surface area (Å²) in [4.78, 5) is 21.4. The van der Waals surface area contributed by atoms with Crippen LogP contribution in [-0.4, -0.2) is 20.4 Å². The normalized spacial score (nSPS) is 16.7. The Balaban J connectivity index is 1.47. The first kappa shape index (κ1) is 15.4. The van der Waals surface area contributed by atoms with Crippen LogP contribution in [0.3, 0.4) is 0 Å². The number of furan rings is 1. The number of amides is 1. The number of carbonyl (C=O) groups is 1. The molecule has 6 nitrogen and oxygen atoms in total. The van der Waals surface area contributed by atoms with Crippen molar-refractivity contribution in [2.45, 2.75) is 44.4 Å². The molecular formula is C20H20N4O2. The van der Waals surface area contributed by atoms with Crippen LogP contribution in [0, 0.1) is 6.92 Å². The van der Waals surface area contributed by atoms with Gasteiger partial charge in [-0.05, 0) is 44.7 Å². The molecule has 0 unspecified atom stereocenters. The molecule has 1 N–H and O–H groups in total. The molecule has 2 fully saturated rings. The summed E-state index contributed by atoms with van der Waals surface area (Å²) < 4.78 is 7.99. The van der Waals surface area contributed by atoms with E-state index in [2.05, 4.69) is 15.3 Å². The van der Waals surface area contributed by atoms with Crippen LogP contribution in [0.25, 0.3) is 5.69 Å². The van der Waals surface area contributed by atoms with Gasteiger partial charge in [-0.15, -0.1) is 0 Å². The molecule has 3 heterocycles. The van der Waals surface area contributed by atoms with Gasteiger partial charge in [0.05, 0.1) is 23.1 Å². The van der Waals surface area contributed by atoms with Crippen molar-refractivity contribution < 1.29 is 9.21 Å². The third-order valence-corrected chi connectivity index (χ3v) is 5.08. The fourth-order valence-electron chi connectivity index (χ4n) is 3.34. The summed E-state index contributed by atoms with van der Waals surface area (Å²) in [5.41, 5.74) is 2.18. The molecule has 0 aromatic carbocycles. The van der Waals surface area contributed by atoms with Crippen molar-refractivity contribution in [1.82, 2.24) is 14.5 Å². The van der Waals surface area contributed by atoms with Crippen molar-refractivity contribution in [3.8, 4) is 5.69 Å². The van der Waals surface area contributed by atoms with E-state index in [4.69, 9.17) is 4.42 Å². The summed E-state index contributed by atoms with van der Waals surface area (Å²) in [5, 5.41) is 3.03. The summed E-state index contributed by atoms with van der Waals surface area (Å²) in [6.07, 6.45) is 11.5. The van der Waals surface area contributed by atoms with Crippen LogP contribution in [0.2, 0.25) is 0 Å². The highest BCUT2D eigenvalue weighted by molar-refractivity contribution is 6.06. The van der Waals surface area contributed by atoms with Gasteiger partial charge in [-0.25, -0.2) is 4.98 Å². The average molecular weight is 348 g/mol. The van der Waals surface area contributed by atoms with Crippen molar-refractivity contribution >= 4 is 11.6 Å². The lowest BCUT2D eigenvalue weighted by atomic mass is 10.1. The van der Waals surface area contributed by atoms with Crippen molar-refractivity contribution in [2.24, 2.45) is 0 Å². The molecule has 5 rings (SSSR count). The van der Waals surface area contributed by atoms with Crippen molar-refractivity contribution in [3.05, 3.63) is 59.8 Å². The second-order valence-corrected chi connectivity index (χ2v) is 7.17. The fraction of sp³-hybridized carbons (Fsp3) is 0.350. The number of hydrogen-bond donors (Lipinski definition) is 1. The first-order valence-electron chi connectivity index (χ1n) is 9.10. The molecule has 0 saturated heterocycles. The quantitative estimate of drug-likeness (QED) is 0.751. The van der Waals surface area contributed by atoms with Crippen molar-refractivity contribution in [1.29, 1.82) is 0 Å². The second-order valence-electron chi connectivity index (χ2n) is 7.17. The summed E-state index contributed by atoms with van der Waals surface area (Å²) in [6, 6.07) is 3.82. The standard InChI is InChI=1S/C20H20N4O2/c1-12-22-8-9-24(12)17-6-7-21-11-16(17)23-20(25)15-10-18(13-2-3-13)26-19(15)14-4-5-14/h6-11,13-14H,2-5H2,1H3,(H,23,25). The van der Waals surface area contributed by atoms with E-state index >= 15 is 0 Å². The third kappa shape index (κ3) is 2.71. The molecule has 26 heavy (non-hydrogen) atoms. The molecule has 2 aliphatic rings. The molecule has 0 bridgehead atoms. The highest BCUT2D eigenvalue weighted by Crippen LogP contribution is 2.47. The van der Waals surface area contributed by atoms with E-state index < -0.39 is 0 Å². The number of hydrogen-bond acceptors (Lipinski definition) is 4. The smallest absolute Gasteiger partial charge is 0.259 e. The zero-order valence-electron chi connectivity index (χ0n) is 14.6. The number of imidazole rings is 1. The number of aromatic nitrogens is 3. The van der Waals surface area contributed by atoms with E-state index in [1.807, 2.05) is 29.8 Å². The molecule has 2 saturated carbocycles. The Kier molecular flexibility index (Phi) is 3.45. The molecule has 0 radical (unpaired) electrons. The van der Waals surface area contributed by atoms with E-state index in [9.17, 15) is 4.79 Å². The van der Waals surface area contributed by atoms with Gasteiger partial charge in [-0.1, -0.05) is 0 Å². The van der Waals surface area contributed by atoms with Crippen LogP contribution in [0.15, 0.2) is 41.3 Å². The minimum absolute atomic E-state index is 0.130. The molecule has 132 valence electrons. The molecule has 3 aromatic rings. The number of nitrogens with zero attached hydrogens (tertiary/aromatic N) is 3. The number of carbonyl (C=O) groups excluding carboxylic acids is 1. The minimum Gasteiger partial charge on any atom is -0.465 e. The van der Waals surface area contributed by atoms with Crippen LogP contribution in [0.5, 0.6) is 0 Å². The predicted molar refractivity (Wildman–Crippen MR) is 96.7 cm³/mol. The molecule has 0 atom stereocenters. The number of nitrogens with one attached hydrogen (secondary N) is 1. The monoisotopic (exact) mass is 348 g/mol. The Bertz CT molecular complexity index is 979. The predicted octanol–water partition coefficient (Wildman–Crippen LogP) is 4.18. The van der Waals surface area contributed by atoms with Gasteiger partial charge in [-0.3, -0.25) is 9.78 Å². The number of anilines is 1. The molecule has 1 amide bonds. The number of pyridine rings is 1. The molecule has 6 heteroatoms. The third-order valence-electron chi connectivity index (χ3n) is 5.08. The lowest BCUT2D eigenvalue weighted by Crippen LogP contribution is -2.15. The number of rotatable bonds is 5. The Morgan fingerprint density at radius 3 is 2.73 bits per heavy atom. The van der Waals surface area contributed by atoms with Crippen LogP contribution in [0.1, 0.15) is 65.2 Å². The Morgan fingerprint density at radius 1 is 1.23 bits per heavy atom. The Labute approximate surface area is 151 Å². The van der Waals surface area contributed by atoms with Gasteiger partial charge in [0.25, 0.3) is 5.91 Å². The molecule has 0 aliphatic heterocycles. The second kappa shape index (κ2) is 5.83. The minimum atomic E-state index is -0.130. The van der Waals surface area contributed by atoms with Crippen LogP contribution < -0.4 is 5.32 Å². The Hall–Kier alpha value is -2.89. The fourth-order valence-corrected chi connectivity index (χ4v) is 3.34. The van der Waals surface area contributed by atoms with Crippen LogP contribution >= 0.6 is 0 Å². The van der Waals surface area contributed by atoms with Crippen LogP contribution in [0.4, 0.5) is 5.69 Å². The summed E-state index contributed by atoms with van der Waals surface area (Å²) in [7, 11) is 0. The van der Waals surface area contributed by atoms with Crippen molar-refractivity contribution in [3.63, 3.8) is 0 Å². The van der Waals surface area contributed by atoms with Gasteiger partial charge >= 0.3 is 0 Å². The first-order valence-corrected chi connectivity index (χ1v) is 9.10. The summed E-state index contributed by atoms with van der Waals surface area (Å²) in [5.74, 6) is 3.44. The van der Waals surface area contributed by atoms with Gasteiger partial charge in [0, 0.05) is 30.4 Å². The van der Waals surface area contributed by atoms with E-state index in [0.29, 0.717) is 23.1 Å². The first-order chi connectivity index (χ1) is 12.7. The largest absolute Gasteiger partial charge is 0.465 e. The van der Waals surface area contributed by atoms with E-state index in [1.54, 1.807) is 18.6 Å². The lowest BCUT2D eigenvalue weighted by molar-refractivity contribution is 0.102. The zero-order chi connectivity index (χ0) is 17.7. The topological polar surface area (TPSA) is 73.0 Å².